The Labute approximate surface area is 194 Å². The number of primary amides is 1. The lowest BCUT2D eigenvalue weighted by molar-refractivity contribution is 0.0992. The molecule has 10 nitrogen and oxygen atoms in total. The van der Waals surface area contributed by atoms with Gasteiger partial charge in [0.2, 0.25) is 0 Å². The lowest BCUT2D eigenvalue weighted by Gasteiger charge is -2.20. The monoisotopic (exact) mass is 476 g/mol. The Hall–Kier alpha value is -4.25. The summed E-state index contributed by atoms with van der Waals surface area (Å²) < 4.78 is 25.3. The zero-order chi connectivity index (χ0) is 24.0. The van der Waals surface area contributed by atoms with Crippen LogP contribution in [0.3, 0.4) is 0 Å². The number of nitrogens with one attached hydrogen (secondary N) is 2. The molecule has 0 saturated carbocycles. The standard InChI is InChI=1S/C23H20N6O4S/c1-34(32,33)17-7-5-16(6-8-17)29-21-18(20(28-29)22(24)30)9-3-13-2-4-15(10-19(13)21)27-23(31)14-11-25-26-12-14/h2,4-8,10-12H,3,9H2,1H3,(H2,24,30)(H,25,26)(H,27,31). The third-order valence-corrected chi connectivity index (χ3v) is 6.88. The van der Waals surface area contributed by atoms with E-state index in [1.165, 1.54) is 24.5 Å². The Morgan fingerprint density at radius 2 is 1.88 bits per heavy atom. The number of carbonyl (C=O) groups is 2. The SMILES string of the molecule is CS(=O)(=O)c1ccc(-n2nc(C(N)=O)c3c2-c2cc(NC(=O)c4cn[nH]c4)ccc2CC3)cc1. The molecule has 34 heavy (non-hydrogen) atoms. The molecule has 172 valence electrons. The van der Waals surface area contributed by atoms with Crippen molar-refractivity contribution in [3.8, 4) is 16.9 Å². The minimum Gasteiger partial charge on any atom is -0.364 e. The van der Waals surface area contributed by atoms with Crippen molar-refractivity contribution in [3.05, 3.63) is 77.2 Å². The van der Waals surface area contributed by atoms with Gasteiger partial charge < -0.3 is 11.1 Å². The van der Waals surface area contributed by atoms with Crippen LogP contribution in [-0.4, -0.2) is 46.5 Å². The van der Waals surface area contributed by atoms with Gasteiger partial charge in [0.05, 0.1) is 28.0 Å². The van der Waals surface area contributed by atoms with Crippen LogP contribution >= 0.6 is 0 Å². The van der Waals surface area contributed by atoms with Crippen molar-refractivity contribution in [3.63, 3.8) is 0 Å². The number of H-pyrrole nitrogens is 1. The van der Waals surface area contributed by atoms with Gasteiger partial charge in [0.1, 0.15) is 0 Å². The fourth-order valence-electron chi connectivity index (χ4n) is 4.11. The van der Waals surface area contributed by atoms with E-state index in [0.717, 1.165) is 17.4 Å². The molecule has 0 saturated heterocycles. The van der Waals surface area contributed by atoms with E-state index in [9.17, 15) is 18.0 Å². The zero-order valence-corrected chi connectivity index (χ0v) is 18.9. The van der Waals surface area contributed by atoms with Gasteiger partial charge in [-0.15, -0.1) is 0 Å². The number of aromatic nitrogens is 4. The molecule has 0 atom stereocenters. The number of rotatable bonds is 5. The first-order valence-electron chi connectivity index (χ1n) is 10.4. The maximum Gasteiger partial charge on any atom is 0.269 e. The van der Waals surface area contributed by atoms with Crippen molar-refractivity contribution in [2.75, 3.05) is 11.6 Å². The van der Waals surface area contributed by atoms with Crippen LogP contribution in [0.2, 0.25) is 0 Å². The minimum absolute atomic E-state index is 0.167. The quantitative estimate of drug-likeness (QED) is 0.401. The number of sulfone groups is 1. The summed E-state index contributed by atoms with van der Waals surface area (Å²) in [5, 5.41) is 13.7. The molecular weight excluding hydrogens is 456 g/mol. The summed E-state index contributed by atoms with van der Waals surface area (Å²) >= 11 is 0. The Balaban J connectivity index is 1.62. The van der Waals surface area contributed by atoms with Gasteiger partial charge in [-0.25, -0.2) is 13.1 Å². The second kappa shape index (κ2) is 7.96. The van der Waals surface area contributed by atoms with Crippen molar-refractivity contribution in [1.82, 2.24) is 20.0 Å². The van der Waals surface area contributed by atoms with Gasteiger partial charge in [0.25, 0.3) is 11.8 Å². The van der Waals surface area contributed by atoms with Crippen LogP contribution < -0.4 is 11.1 Å². The summed E-state index contributed by atoms with van der Waals surface area (Å²) in [6.07, 6.45) is 5.32. The molecule has 1 aliphatic rings. The smallest absolute Gasteiger partial charge is 0.269 e. The highest BCUT2D eigenvalue weighted by Crippen LogP contribution is 2.38. The van der Waals surface area contributed by atoms with E-state index in [4.69, 9.17) is 5.73 Å². The highest BCUT2D eigenvalue weighted by Gasteiger charge is 2.28. The minimum atomic E-state index is -3.36. The molecule has 4 N–H and O–H groups in total. The lowest BCUT2D eigenvalue weighted by atomic mass is 9.88. The van der Waals surface area contributed by atoms with Crippen molar-refractivity contribution < 1.29 is 18.0 Å². The van der Waals surface area contributed by atoms with Crippen molar-refractivity contribution in [1.29, 1.82) is 0 Å². The number of nitrogens with two attached hydrogens (primary N) is 1. The normalized spacial score (nSPS) is 12.6. The molecule has 2 heterocycles. The summed E-state index contributed by atoms with van der Waals surface area (Å²) in [6, 6.07) is 11.8. The summed E-state index contributed by atoms with van der Waals surface area (Å²) in [6.45, 7) is 0. The van der Waals surface area contributed by atoms with E-state index in [0.29, 0.717) is 41.0 Å². The molecule has 2 aromatic heterocycles. The molecule has 0 bridgehead atoms. The van der Waals surface area contributed by atoms with Gasteiger partial charge in [0.15, 0.2) is 15.5 Å². The van der Waals surface area contributed by atoms with Crippen molar-refractivity contribution >= 4 is 27.3 Å². The molecule has 2 amide bonds. The lowest BCUT2D eigenvalue weighted by Crippen LogP contribution is -2.15. The first-order valence-corrected chi connectivity index (χ1v) is 12.3. The molecule has 0 unspecified atom stereocenters. The van der Waals surface area contributed by atoms with Gasteiger partial charge in [0, 0.05) is 29.3 Å². The van der Waals surface area contributed by atoms with Crippen LogP contribution in [0.1, 0.15) is 32.0 Å². The molecule has 0 aliphatic heterocycles. The molecule has 11 heteroatoms. The van der Waals surface area contributed by atoms with Crippen molar-refractivity contribution in [2.24, 2.45) is 5.73 Å². The number of nitrogens with zero attached hydrogens (tertiary/aromatic N) is 3. The summed E-state index contributed by atoms with van der Waals surface area (Å²) in [4.78, 5) is 24.8. The van der Waals surface area contributed by atoms with Gasteiger partial charge in [-0.05, 0) is 54.8 Å². The molecule has 5 rings (SSSR count). The zero-order valence-electron chi connectivity index (χ0n) is 18.1. The van der Waals surface area contributed by atoms with Crippen LogP contribution in [-0.2, 0) is 22.7 Å². The predicted molar refractivity (Wildman–Crippen MR) is 125 cm³/mol. The number of hydrogen-bond donors (Lipinski definition) is 3. The Bertz CT molecular complexity index is 1540. The van der Waals surface area contributed by atoms with Crippen LogP contribution in [0.4, 0.5) is 5.69 Å². The van der Waals surface area contributed by atoms with Gasteiger partial charge in [-0.1, -0.05) is 6.07 Å². The Morgan fingerprint density at radius 3 is 2.53 bits per heavy atom. The fourth-order valence-corrected chi connectivity index (χ4v) is 4.74. The fraction of sp³-hybridized carbons (Fsp3) is 0.130. The number of amides is 2. The number of aryl methyl sites for hydroxylation is 1. The van der Waals surface area contributed by atoms with Gasteiger partial charge in [-0.3, -0.25) is 14.7 Å². The summed E-state index contributed by atoms with van der Waals surface area (Å²) in [7, 11) is -3.36. The number of fused-ring (bicyclic) bond motifs is 3. The highest BCUT2D eigenvalue weighted by molar-refractivity contribution is 7.90. The van der Waals surface area contributed by atoms with E-state index in [2.05, 4.69) is 20.6 Å². The van der Waals surface area contributed by atoms with E-state index >= 15 is 0 Å². The van der Waals surface area contributed by atoms with Crippen molar-refractivity contribution in [2.45, 2.75) is 17.7 Å². The first-order chi connectivity index (χ1) is 16.2. The number of aromatic amines is 1. The van der Waals surface area contributed by atoms with Gasteiger partial charge >= 0.3 is 0 Å². The van der Waals surface area contributed by atoms with Crippen LogP contribution in [0.5, 0.6) is 0 Å². The molecule has 0 fully saturated rings. The summed E-state index contributed by atoms with van der Waals surface area (Å²) in [5.74, 6) is -0.956. The third kappa shape index (κ3) is 3.75. The average molecular weight is 477 g/mol. The Morgan fingerprint density at radius 1 is 1.12 bits per heavy atom. The number of hydrogen-bond acceptors (Lipinski definition) is 6. The first kappa shape index (κ1) is 21.6. The largest absolute Gasteiger partial charge is 0.364 e. The molecule has 4 aromatic rings. The van der Waals surface area contributed by atoms with E-state index in [-0.39, 0.29) is 16.5 Å². The number of carbonyl (C=O) groups excluding carboxylic acids is 2. The van der Waals surface area contributed by atoms with Crippen LogP contribution in [0.15, 0.2) is 59.8 Å². The summed E-state index contributed by atoms with van der Waals surface area (Å²) in [5.41, 5.74) is 10.6. The second-order valence-corrected chi connectivity index (χ2v) is 10.0. The number of benzene rings is 2. The highest BCUT2D eigenvalue weighted by atomic mass is 32.2. The number of anilines is 1. The van der Waals surface area contributed by atoms with Crippen LogP contribution in [0.25, 0.3) is 16.9 Å². The molecular formula is C23H20N6O4S. The van der Waals surface area contributed by atoms with Gasteiger partial charge in [-0.2, -0.15) is 10.2 Å². The molecule has 2 aromatic carbocycles. The van der Waals surface area contributed by atoms with Crippen LogP contribution in [0, 0.1) is 0 Å². The average Bonchev–Trinajstić information content (AvgIpc) is 3.47. The third-order valence-electron chi connectivity index (χ3n) is 5.75. The molecule has 0 radical (unpaired) electrons. The molecule has 0 spiro atoms. The molecule has 1 aliphatic carbocycles. The predicted octanol–water partition coefficient (Wildman–Crippen LogP) is 2.12. The maximum atomic E-state index is 12.5. The maximum absolute atomic E-state index is 12.5. The van der Waals surface area contributed by atoms with E-state index in [1.54, 1.807) is 16.8 Å². The van der Waals surface area contributed by atoms with E-state index < -0.39 is 15.7 Å². The Kier molecular flexibility index (Phi) is 5.05. The topological polar surface area (TPSA) is 153 Å². The second-order valence-electron chi connectivity index (χ2n) is 8.03. The van der Waals surface area contributed by atoms with E-state index in [1.807, 2.05) is 18.2 Å².